The van der Waals surface area contributed by atoms with E-state index in [2.05, 4.69) is 32.0 Å². The molecule has 0 nitrogen and oxygen atoms in total. The molecule has 0 saturated carbocycles. The maximum atomic E-state index is 6.21. The van der Waals surface area contributed by atoms with E-state index in [0.717, 1.165) is 6.42 Å². The third-order valence-electron chi connectivity index (χ3n) is 2.75. The molecule has 0 radical (unpaired) electrons. The lowest BCUT2D eigenvalue weighted by Gasteiger charge is -2.07. The molecular weight excluding hydrogens is 168 g/mol. The fourth-order valence-electron chi connectivity index (χ4n) is 2.20. The van der Waals surface area contributed by atoms with Crippen LogP contribution >= 0.6 is 11.6 Å². The van der Waals surface area contributed by atoms with E-state index in [-0.39, 0.29) is 5.38 Å². The molecule has 1 heteroatoms. The standard InChI is InChI=1S/C11H13Cl/c1-7-4-3-5-9-10(12)6-8(2)11(7)9/h3-5,8,10H,6H2,1-2H3/t8-,10-/m1/s1. The van der Waals surface area contributed by atoms with Gasteiger partial charge in [-0.25, -0.2) is 0 Å². The summed E-state index contributed by atoms with van der Waals surface area (Å²) in [6, 6.07) is 6.43. The Bertz CT molecular complexity index is 304. The van der Waals surface area contributed by atoms with Gasteiger partial charge in [-0.3, -0.25) is 0 Å². The van der Waals surface area contributed by atoms with Crippen molar-refractivity contribution in [1.82, 2.24) is 0 Å². The monoisotopic (exact) mass is 180 g/mol. The number of halogens is 1. The molecule has 1 aliphatic rings. The van der Waals surface area contributed by atoms with Gasteiger partial charge in [0.25, 0.3) is 0 Å². The summed E-state index contributed by atoms with van der Waals surface area (Å²) in [7, 11) is 0. The van der Waals surface area contributed by atoms with Gasteiger partial charge < -0.3 is 0 Å². The van der Waals surface area contributed by atoms with Crippen LogP contribution in [0.4, 0.5) is 0 Å². The van der Waals surface area contributed by atoms with Crippen molar-refractivity contribution in [3.8, 4) is 0 Å². The van der Waals surface area contributed by atoms with Gasteiger partial charge in [0.2, 0.25) is 0 Å². The highest BCUT2D eigenvalue weighted by Gasteiger charge is 2.27. The van der Waals surface area contributed by atoms with Crippen molar-refractivity contribution in [2.75, 3.05) is 0 Å². The molecule has 64 valence electrons. The first-order valence-electron chi connectivity index (χ1n) is 4.43. The summed E-state index contributed by atoms with van der Waals surface area (Å²) in [5.41, 5.74) is 4.23. The summed E-state index contributed by atoms with van der Waals surface area (Å²) in [5.74, 6) is 0.642. The van der Waals surface area contributed by atoms with E-state index in [0.29, 0.717) is 5.92 Å². The zero-order valence-corrected chi connectivity index (χ0v) is 8.23. The second kappa shape index (κ2) is 2.77. The lowest BCUT2D eigenvalue weighted by Crippen LogP contribution is -1.90. The van der Waals surface area contributed by atoms with Gasteiger partial charge in [-0.2, -0.15) is 0 Å². The molecule has 0 heterocycles. The fourth-order valence-corrected chi connectivity index (χ4v) is 2.66. The molecular formula is C11H13Cl. The van der Waals surface area contributed by atoms with E-state index in [1.54, 1.807) is 0 Å². The van der Waals surface area contributed by atoms with Crippen LogP contribution in [0, 0.1) is 6.92 Å². The summed E-state index contributed by atoms with van der Waals surface area (Å²) < 4.78 is 0. The Morgan fingerprint density at radius 2 is 2.17 bits per heavy atom. The van der Waals surface area contributed by atoms with Crippen LogP contribution in [0.2, 0.25) is 0 Å². The van der Waals surface area contributed by atoms with Crippen LogP contribution in [-0.2, 0) is 0 Å². The SMILES string of the molecule is Cc1cccc2c1[C@H](C)C[C@H]2Cl. The normalized spacial score (nSPS) is 27.2. The molecule has 0 bridgehead atoms. The van der Waals surface area contributed by atoms with E-state index in [4.69, 9.17) is 11.6 Å². The molecule has 2 rings (SSSR count). The summed E-state index contributed by atoms with van der Waals surface area (Å²) in [6.07, 6.45) is 1.10. The van der Waals surface area contributed by atoms with Crippen LogP contribution in [0.1, 0.15) is 41.3 Å². The van der Waals surface area contributed by atoms with Crippen LogP contribution in [-0.4, -0.2) is 0 Å². The molecule has 1 aliphatic carbocycles. The van der Waals surface area contributed by atoms with Crippen molar-refractivity contribution < 1.29 is 0 Å². The highest BCUT2D eigenvalue weighted by molar-refractivity contribution is 6.21. The molecule has 0 spiro atoms. The van der Waals surface area contributed by atoms with E-state index in [1.807, 2.05) is 0 Å². The fraction of sp³-hybridized carbons (Fsp3) is 0.455. The van der Waals surface area contributed by atoms with Gasteiger partial charge >= 0.3 is 0 Å². The van der Waals surface area contributed by atoms with Gasteiger partial charge in [-0.1, -0.05) is 25.1 Å². The predicted octanol–water partition coefficient (Wildman–Crippen LogP) is 3.78. The van der Waals surface area contributed by atoms with Crippen molar-refractivity contribution in [1.29, 1.82) is 0 Å². The molecule has 0 saturated heterocycles. The number of alkyl halides is 1. The molecule has 0 fully saturated rings. The number of aryl methyl sites for hydroxylation is 1. The van der Waals surface area contributed by atoms with Gasteiger partial charge in [0.1, 0.15) is 0 Å². The number of benzene rings is 1. The number of hydrogen-bond acceptors (Lipinski definition) is 0. The average molecular weight is 181 g/mol. The molecule has 1 aromatic carbocycles. The molecule has 0 amide bonds. The van der Waals surface area contributed by atoms with E-state index in [9.17, 15) is 0 Å². The number of rotatable bonds is 0. The molecule has 2 atom stereocenters. The highest BCUT2D eigenvalue weighted by atomic mass is 35.5. The third-order valence-corrected chi connectivity index (χ3v) is 3.16. The Kier molecular flexibility index (Phi) is 1.88. The second-order valence-electron chi connectivity index (χ2n) is 3.68. The van der Waals surface area contributed by atoms with Gasteiger partial charge in [-0.05, 0) is 36.0 Å². The Morgan fingerprint density at radius 1 is 1.42 bits per heavy atom. The Hall–Kier alpha value is -0.490. The second-order valence-corrected chi connectivity index (χ2v) is 4.21. The first-order valence-corrected chi connectivity index (χ1v) is 4.87. The van der Waals surface area contributed by atoms with Gasteiger partial charge in [0.15, 0.2) is 0 Å². The Morgan fingerprint density at radius 3 is 2.83 bits per heavy atom. The van der Waals surface area contributed by atoms with Gasteiger partial charge in [0.05, 0.1) is 5.38 Å². The zero-order valence-electron chi connectivity index (χ0n) is 7.47. The lowest BCUT2D eigenvalue weighted by atomic mass is 9.98. The minimum atomic E-state index is 0.245. The molecule has 0 N–H and O–H groups in total. The number of fused-ring (bicyclic) bond motifs is 1. The van der Waals surface area contributed by atoms with Crippen molar-refractivity contribution in [3.05, 3.63) is 34.9 Å². The van der Waals surface area contributed by atoms with E-state index >= 15 is 0 Å². The van der Waals surface area contributed by atoms with Crippen molar-refractivity contribution in [2.24, 2.45) is 0 Å². The quantitative estimate of drug-likeness (QED) is 0.533. The summed E-state index contributed by atoms with van der Waals surface area (Å²) in [6.45, 7) is 4.43. The Balaban J connectivity index is 2.59. The van der Waals surface area contributed by atoms with Crippen LogP contribution in [0.25, 0.3) is 0 Å². The predicted molar refractivity (Wildman–Crippen MR) is 52.8 cm³/mol. The lowest BCUT2D eigenvalue weighted by molar-refractivity contribution is 0.730. The summed E-state index contributed by atoms with van der Waals surface area (Å²) in [4.78, 5) is 0. The van der Waals surface area contributed by atoms with E-state index < -0.39 is 0 Å². The number of hydrogen-bond donors (Lipinski definition) is 0. The van der Waals surface area contributed by atoms with Crippen LogP contribution in [0.5, 0.6) is 0 Å². The van der Waals surface area contributed by atoms with Crippen molar-refractivity contribution in [3.63, 3.8) is 0 Å². The van der Waals surface area contributed by atoms with Crippen LogP contribution in [0.15, 0.2) is 18.2 Å². The van der Waals surface area contributed by atoms with Crippen LogP contribution < -0.4 is 0 Å². The van der Waals surface area contributed by atoms with Gasteiger partial charge in [0, 0.05) is 0 Å². The third kappa shape index (κ3) is 1.06. The topological polar surface area (TPSA) is 0 Å². The highest BCUT2D eigenvalue weighted by Crippen LogP contribution is 2.44. The first-order chi connectivity index (χ1) is 5.70. The maximum Gasteiger partial charge on any atom is 0.0593 e. The molecule has 0 aromatic heterocycles. The molecule has 0 unspecified atom stereocenters. The van der Waals surface area contributed by atoms with E-state index in [1.165, 1.54) is 16.7 Å². The molecule has 1 aromatic rings. The largest absolute Gasteiger partial charge is 0.118 e. The zero-order chi connectivity index (χ0) is 8.72. The maximum absolute atomic E-state index is 6.21. The van der Waals surface area contributed by atoms with Crippen molar-refractivity contribution >= 4 is 11.6 Å². The van der Waals surface area contributed by atoms with Gasteiger partial charge in [-0.15, -0.1) is 11.6 Å². The summed E-state index contributed by atoms with van der Waals surface area (Å²) in [5, 5.41) is 0.245. The molecule has 12 heavy (non-hydrogen) atoms. The van der Waals surface area contributed by atoms with Crippen LogP contribution in [0.3, 0.4) is 0 Å². The van der Waals surface area contributed by atoms with Crippen molar-refractivity contribution in [2.45, 2.75) is 31.6 Å². The summed E-state index contributed by atoms with van der Waals surface area (Å²) >= 11 is 6.21. The minimum Gasteiger partial charge on any atom is -0.118 e. The smallest absolute Gasteiger partial charge is 0.0593 e. The average Bonchev–Trinajstić information content (AvgIpc) is 2.29. The Labute approximate surface area is 78.6 Å². The minimum absolute atomic E-state index is 0.245. The molecule has 0 aliphatic heterocycles. The first kappa shape index (κ1) is 8.12.